The van der Waals surface area contributed by atoms with E-state index in [1.54, 1.807) is 0 Å². The molecule has 0 aromatic carbocycles. The van der Waals surface area contributed by atoms with Crippen LogP contribution in [0.25, 0.3) is 0 Å². The Kier molecular flexibility index (Phi) is 5.13. The zero-order chi connectivity index (χ0) is 12.1. The fraction of sp³-hybridized carbons (Fsp3) is 1.00. The molecule has 2 nitrogen and oxygen atoms in total. The Morgan fingerprint density at radius 1 is 1.18 bits per heavy atom. The number of fused-ring (bicyclic) bond motifs is 1. The summed E-state index contributed by atoms with van der Waals surface area (Å²) in [4.78, 5) is 2.55. The number of alkyl halides is 1. The van der Waals surface area contributed by atoms with Crippen LogP contribution in [0.5, 0.6) is 0 Å². The van der Waals surface area contributed by atoms with Crippen LogP contribution in [0.1, 0.15) is 51.4 Å². The Labute approximate surface area is 110 Å². The lowest BCUT2D eigenvalue weighted by Crippen LogP contribution is -2.53. The van der Waals surface area contributed by atoms with Crippen molar-refractivity contribution in [1.29, 1.82) is 0 Å². The summed E-state index contributed by atoms with van der Waals surface area (Å²) in [5.41, 5.74) is -0.315. The number of nitrogens with zero attached hydrogens (tertiary/aromatic N) is 1. The highest BCUT2D eigenvalue weighted by atomic mass is 35.5. The van der Waals surface area contributed by atoms with Gasteiger partial charge in [-0.1, -0.05) is 19.3 Å². The highest BCUT2D eigenvalue weighted by molar-refractivity contribution is 6.17. The third-order valence-corrected chi connectivity index (χ3v) is 4.89. The van der Waals surface area contributed by atoms with Gasteiger partial charge < -0.3 is 10.0 Å². The molecular formula is C14H26ClNO. The number of unbranched alkanes of at least 4 members (excludes halogenated alkanes) is 2. The maximum Gasteiger partial charge on any atom is 0.0700 e. The summed E-state index contributed by atoms with van der Waals surface area (Å²) >= 11 is 5.69. The quantitative estimate of drug-likeness (QED) is 0.606. The normalized spacial score (nSPS) is 34.6. The van der Waals surface area contributed by atoms with E-state index in [0.29, 0.717) is 5.92 Å². The molecule has 3 heteroatoms. The van der Waals surface area contributed by atoms with E-state index < -0.39 is 0 Å². The van der Waals surface area contributed by atoms with Gasteiger partial charge in [0.1, 0.15) is 0 Å². The Morgan fingerprint density at radius 2 is 2.06 bits per heavy atom. The molecule has 0 amide bonds. The second kappa shape index (κ2) is 6.40. The molecule has 0 aromatic heterocycles. The highest BCUT2D eigenvalue weighted by Gasteiger charge is 2.42. The van der Waals surface area contributed by atoms with Crippen molar-refractivity contribution in [2.75, 3.05) is 25.5 Å². The lowest BCUT2D eigenvalue weighted by atomic mass is 9.71. The molecule has 1 N–H and O–H groups in total. The molecule has 2 fully saturated rings. The fourth-order valence-electron chi connectivity index (χ4n) is 3.45. The van der Waals surface area contributed by atoms with Gasteiger partial charge in [0.2, 0.25) is 0 Å². The number of aliphatic hydroxyl groups is 1. The number of rotatable bonds is 5. The van der Waals surface area contributed by atoms with Crippen molar-refractivity contribution < 1.29 is 5.11 Å². The second-order valence-corrected chi connectivity index (χ2v) is 6.22. The van der Waals surface area contributed by atoms with Gasteiger partial charge in [0.15, 0.2) is 0 Å². The number of piperidine rings is 1. The Morgan fingerprint density at radius 3 is 2.88 bits per heavy atom. The zero-order valence-corrected chi connectivity index (χ0v) is 11.6. The average molecular weight is 260 g/mol. The van der Waals surface area contributed by atoms with Gasteiger partial charge in [0, 0.05) is 24.9 Å². The first-order chi connectivity index (χ1) is 8.24. The first-order valence-corrected chi connectivity index (χ1v) is 7.79. The summed E-state index contributed by atoms with van der Waals surface area (Å²) < 4.78 is 0. The minimum Gasteiger partial charge on any atom is -0.390 e. The van der Waals surface area contributed by atoms with Gasteiger partial charge in [-0.25, -0.2) is 0 Å². The minimum atomic E-state index is -0.315. The van der Waals surface area contributed by atoms with Crippen LogP contribution in [0.2, 0.25) is 0 Å². The standard InChI is InChI=1S/C14H26ClNO/c15-9-4-1-5-10-16-11-8-14(17)7-3-2-6-13(14)12-16/h13,17H,1-12H2. The van der Waals surface area contributed by atoms with Crippen molar-refractivity contribution in [2.45, 2.75) is 57.0 Å². The number of halogens is 1. The van der Waals surface area contributed by atoms with Gasteiger partial charge in [0.05, 0.1) is 5.60 Å². The second-order valence-electron chi connectivity index (χ2n) is 5.85. The van der Waals surface area contributed by atoms with E-state index in [4.69, 9.17) is 11.6 Å². The third kappa shape index (κ3) is 3.59. The smallest absolute Gasteiger partial charge is 0.0700 e. The molecule has 2 unspecified atom stereocenters. The van der Waals surface area contributed by atoms with E-state index in [9.17, 15) is 5.11 Å². The monoisotopic (exact) mass is 259 g/mol. The molecule has 2 atom stereocenters. The maximum absolute atomic E-state index is 10.6. The molecule has 100 valence electrons. The van der Waals surface area contributed by atoms with E-state index in [2.05, 4.69) is 4.90 Å². The Hall–Kier alpha value is 0.210. The minimum absolute atomic E-state index is 0.315. The van der Waals surface area contributed by atoms with E-state index in [-0.39, 0.29) is 5.60 Å². The van der Waals surface area contributed by atoms with Crippen LogP contribution >= 0.6 is 11.6 Å². The van der Waals surface area contributed by atoms with Gasteiger partial charge in [-0.05, 0) is 38.6 Å². The first-order valence-electron chi connectivity index (χ1n) is 7.25. The summed E-state index contributed by atoms with van der Waals surface area (Å²) in [6.07, 6.45) is 9.45. The molecule has 17 heavy (non-hydrogen) atoms. The predicted molar refractivity (Wildman–Crippen MR) is 72.5 cm³/mol. The van der Waals surface area contributed by atoms with E-state index in [1.807, 2.05) is 0 Å². The van der Waals surface area contributed by atoms with Crippen molar-refractivity contribution in [3.63, 3.8) is 0 Å². The van der Waals surface area contributed by atoms with Gasteiger partial charge in [-0.2, -0.15) is 0 Å². The molecule has 1 saturated heterocycles. The fourth-order valence-corrected chi connectivity index (χ4v) is 3.64. The highest BCUT2D eigenvalue weighted by Crippen LogP contribution is 2.39. The lowest BCUT2D eigenvalue weighted by molar-refractivity contribution is -0.0953. The van der Waals surface area contributed by atoms with E-state index in [1.165, 1.54) is 38.6 Å². The third-order valence-electron chi connectivity index (χ3n) is 4.62. The van der Waals surface area contributed by atoms with Crippen LogP contribution in [0.15, 0.2) is 0 Å². The summed E-state index contributed by atoms with van der Waals surface area (Å²) in [5.74, 6) is 1.33. The molecular weight excluding hydrogens is 234 g/mol. The van der Waals surface area contributed by atoms with Crippen LogP contribution in [-0.2, 0) is 0 Å². The Balaban J connectivity index is 1.73. The van der Waals surface area contributed by atoms with Crippen LogP contribution in [0.3, 0.4) is 0 Å². The molecule has 0 spiro atoms. The lowest BCUT2D eigenvalue weighted by Gasteiger charge is -2.47. The molecule has 0 aromatic rings. The Bertz CT molecular complexity index is 236. The maximum atomic E-state index is 10.6. The average Bonchev–Trinajstić information content (AvgIpc) is 2.34. The summed E-state index contributed by atoms with van der Waals surface area (Å²) in [6, 6.07) is 0. The first kappa shape index (κ1) is 13.6. The molecule has 0 bridgehead atoms. The molecule has 1 heterocycles. The van der Waals surface area contributed by atoms with Gasteiger partial charge in [0.25, 0.3) is 0 Å². The van der Waals surface area contributed by atoms with Crippen molar-refractivity contribution in [3.8, 4) is 0 Å². The van der Waals surface area contributed by atoms with Gasteiger partial charge >= 0.3 is 0 Å². The van der Waals surface area contributed by atoms with Gasteiger partial charge in [-0.3, -0.25) is 0 Å². The van der Waals surface area contributed by atoms with Crippen molar-refractivity contribution in [2.24, 2.45) is 5.92 Å². The van der Waals surface area contributed by atoms with Gasteiger partial charge in [-0.15, -0.1) is 11.6 Å². The summed E-state index contributed by atoms with van der Waals surface area (Å²) in [7, 11) is 0. The van der Waals surface area contributed by atoms with Crippen LogP contribution in [0, 0.1) is 5.92 Å². The van der Waals surface area contributed by atoms with Crippen molar-refractivity contribution in [1.82, 2.24) is 4.90 Å². The van der Waals surface area contributed by atoms with Crippen molar-refractivity contribution >= 4 is 11.6 Å². The summed E-state index contributed by atoms with van der Waals surface area (Å²) in [6.45, 7) is 3.41. The van der Waals surface area contributed by atoms with Crippen molar-refractivity contribution in [3.05, 3.63) is 0 Å². The largest absolute Gasteiger partial charge is 0.390 e. The van der Waals surface area contributed by atoms with Crippen LogP contribution in [0.4, 0.5) is 0 Å². The molecule has 1 saturated carbocycles. The number of likely N-dealkylation sites (tertiary alicyclic amines) is 1. The molecule has 1 aliphatic carbocycles. The van der Waals surface area contributed by atoms with Crippen LogP contribution in [-0.4, -0.2) is 41.1 Å². The van der Waals surface area contributed by atoms with Crippen LogP contribution < -0.4 is 0 Å². The molecule has 2 aliphatic rings. The SMILES string of the molecule is OC12CCCCC1CN(CCCCCCl)CC2. The van der Waals surface area contributed by atoms with E-state index in [0.717, 1.165) is 38.2 Å². The molecule has 2 rings (SSSR count). The molecule has 0 radical (unpaired) electrons. The van der Waals surface area contributed by atoms with E-state index >= 15 is 0 Å². The number of hydrogen-bond donors (Lipinski definition) is 1. The number of hydrogen-bond acceptors (Lipinski definition) is 2. The topological polar surface area (TPSA) is 23.5 Å². The summed E-state index contributed by atoms with van der Waals surface area (Å²) in [5, 5.41) is 10.6. The predicted octanol–water partition coefficient (Wildman–Crippen LogP) is 3.02. The molecule has 1 aliphatic heterocycles. The zero-order valence-electron chi connectivity index (χ0n) is 10.8.